The maximum Gasteiger partial charge on any atom is 0.249 e. The van der Waals surface area contributed by atoms with E-state index in [0.717, 1.165) is 11.3 Å². The second-order valence-corrected chi connectivity index (χ2v) is 7.16. The summed E-state index contributed by atoms with van der Waals surface area (Å²) in [5.41, 5.74) is 1.50. The Bertz CT molecular complexity index is 781. The van der Waals surface area contributed by atoms with Gasteiger partial charge in [0.1, 0.15) is 18.4 Å². The van der Waals surface area contributed by atoms with E-state index in [4.69, 9.17) is 33.0 Å². The topological polar surface area (TPSA) is 70.1 Å². The van der Waals surface area contributed by atoms with Crippen LogP contribution >= 0.6 is 23.2 Å². The monoisotopic (exact) mass is 398 g/mol. The van der Waals surface area contributed by atoms with E-state index in [-0.39, 0.29) is 18.4 Å². The smallest absolute Gasteiger partial charge is 0.249 e. The SMILES string of the molecule is COc1ccc(Cl)c(Cl)c1[C@H]1C=C2CN(C(=O)CO)[C@@H](C)C(=O)N2CC1. The molecule has 8 heteroatoms. The molecule has 0 aliphatic carbocycles. The van der Waals surface area contributed by atoms with Crippen molar-refractivity contribution in [3.05, 3.63) is 39.5 Å². The lowest BCUT2D eigenvalue weighted by Crippen LogP contribution is -2.57. The van der Waals surface area contributed by atoms with Gasteiger partial charge in [-0.2, -0.15) is 0 Å². The molecular formula is C18H20Cl2N2O4. The summed E-state index contributed by atoms with van der Waals surface area (Å²) in [5, 5.41) is 10.0. The molecule has 26 heavy (non-hydrogen) atoms. The number of piperazine rings is 1. The van der Waals surface area contributed by atoms with Crippen molar-refractivity contribution in [3.63, 3.8) is 0 Å². The summed E-state index contributed by atoms with van der Waals surface area (Å²) in [6.07, 6.45) is 2.61. The van der Waals surface area contributed by atoms with Crippen LogP contribution in [0.25, 0.3) is 0 Å². The quantitative estimate of drug-likeness (QED) is 0.848. The normalized spacial score (nSPS) is 22.8. The predicted octanol–water partition coefficient (Wildman–Crippen LogP) is 2.42. The maximum atomic E-state index is 12.6. The third-order valence-electron chi connectivity index (χ3n) is 4.97. The Morgan fingerprint density at radius 2 is 2.12 bits per heavy atom. The van der Waals surface area contributed by atoms with E-state index in [1.165, 1.54) is 4.90 Å². The van der Waals surface area contributed by atoms with Crippen molar-refractivity contribution in [2.75, 3.05) is 26.8 Å². The van der Waals surface area contributed by atoms with Crippen LogP contribution in [0.4, 0.5) is 0 Å². The third-order valence-corrected chi connectivity index (χ3v) is 5.79. The van der Waals surface area contributed by atoms with E-state index in [2.05, 4.69) is 0 Å². The number of carbonyl (C=O) groups excluding carboxylic acids is 2. The summed E-state index contributed by atoms with van der Waals surface area (Å²) in [6, 6.07) is 2.86. The highest BCUT2D eigenvalue weighted by Crippen LogP contribution is 2.42. The highest BCUT2D eigenvalue weighted by Gasteiger charge is 2.39. The molecule has 140 valence electrons. The molecule has 0 bridgehead atoms. The first-order valence-electron chi connectivity index (χ1n) is 8.33. The Kier molecular flexibility index (Phi) is 5.46. The van der Waals surface area contributed by atoms with Gasteiger partial charge in [0.25, 0.3) is 0 Å². The lowest BCUT2D eigenvalue weighted by Gasteiger charge is -2.43. The van der Waals surface area contributed by atoms with Crippen LogP contribution < -0.4 is 4.74 Å². The zero-order valence-electron chi connectivity index (χ0n) is 14.5. The van der Waals surface area contributed by atoms with Crippen molar-refractivity contribution in [2.45, 2.75) is 25.3 Å². The molecule has 2 atom stereocenters. The maximum absolute atomic E-state index is 12.6. The minimum absolute atomic E-state index is 0.0883. The molecule has 0 unspecified atom stereocenters. The van der Waals surface area contributed by atoms with Crippen molar-refractivity contribution in [1.82, 2.24) is 9.80 Å². The van der Waals surface area contributed by atoms with E-state index >= 15 is 0 Å². The number of hydrogen-bond acceptors (Lipinski definition) is 4. The number of fused-ring (bicyclic) bond motifs is 1. The zero-order valence-corrected chi connectivity index (χ0v) is 16.0. The molecule has 1 fully saturated rings. The van der Waals surface area contributed by atoms with E-state index < -0.39 is 18.6 Å². The fraction of sp³-hybridized carbons (Fsp3) is 0.444. The molecule has 1 saturated heterocycles. The van der Waals surface area contributed by atoms with Crippen LogP contribution in [0, 0.1) is 0 Å². The number of aliphatic hydroxyl groups excluding tert-OH is 1. The lowest BCUT2D eigenvalue weighted by molar-refractivity contribution is -0.149. The van der Waals surface area contributed by atoms with Crippen LogP contribution in [0.2, 0.25) is 10.0 Å². The van der Waals surface area contributed by atoms with Crippen molar-refractivity contribution in [2.24, 2.45) is 0 Å². The molecule has 2 heterocycles. The number of ether oxygens (including phenoxy) is 1. The van der Waals surface area contributed by atoms with E-state index in [1.807, 2.05) is 6.08 Å². The fourth-order valence-electron chi connectivity index (χ4n) is 3.57. The van der Waals surface area contributed by atoms with Crippen LogP contribution in [0.3, 0.4) is 0 Å². The van der Waals surface area contributed by atoms with Crippen molar-refractivity contribution in [3.8, 4) is 5.75 Å². The lowest BCUT2D eigenvalue weighted by atomic mass is 9.89. The molecule has 2 amide bonds. The Labute approximate surface area is 161 Å². The summed E-state index contributed by atoms with van der Waals surface area (Å²) in [5.74, 6) is -0.0676. The van der Waals surface area contributed by atoms with Gasteiger partial charge < -0.3 is 19.6 Å². The Hall–Kier alpha value is -1.76. The van der Waals surface area contributed by atoms with Gasteiger partial charge in [-0.15, -0.1) is 0 Å². The standard InChI is InChI=1S/C18H20Cl2N2O4/c1-10-18(25)21-6-5-11(7-12(21)8-22(10)15(24)9-23)16-14(26-2)4-3-13(19)17(16)20/h3-4,7,10-11,23H,5-6,8-9H2,1-2H3/t10-,11+/m0/s1. The third kappa shape index (κ3) is 3.17. The summed E-state index contributed by atoms with van der Waals surface area (Å²) >= 11 is 12.6. The van der Waals surface area contributed by atoms with E-state index in [1.54, 1.807) is 31.1 Å². The Morgan fingerprint density at radius 3 is 2.77 bits per heavy atom. The van der Waals surface area contributed by atoms with Gasteiger partial charge in [-0.3, -0.25) is 9.59 Å². The van der Waals surface area contributed by atoms with Gasteiger partial charge in [-0.05, 0) is 25.5 Å². The molecule has 6 nitrogen and oxygen atoms in total. The van der Waals surface area contributed by atoms with Crippen LogP contribution in [-0.4, -0.2) is 59.6 Å². The number of hydrogen-bond donors (Lipinski definition) is 1. The molecule has 2 aliphatic rings. The minimum Gasteiger partial charge on any atom is -0.496 e. The Morgan fingerprint density at radius 1 is 1.38 bits per heavy atom. The number of aliphatic hydroxyl groups is 1. The summed E-state index contributed by atoms with van der Waals surface area (Å²) in [6.45, 7) is 1.84. The minimum atomic E-state index is -0.623. The average molecular weight is 399 g/mol. The second kappa shape index (κ2) is 7.47. The van der Waals surface area contributed by atoms with Gasteiger partial charge in [0.2, 0.25) is 11.8 Å². The van der Waals surface area contributed by atoms with Gasteiger partial charge in [-0.25, -0.2) is 0 Å². The molecular weight excluding hydrogens is 379 g/mol. The number of benzene rings is 1. The van der Waals surface area contributed by atoms with Gasteiger partial charge >= 0.3 is 0 Å². The number of halogens is 2. The van der Waals surface area contributed by atoms with E-state index in [9.17, 15) is 9.59 Å². The van der Waals surface area contributed by atoms with Crippen LogP contribution in [-0.2, 0) is 9.59 Å². The average Bonchev–Trinajstić information content (AvgIpc) is 2.65. The fourth-order valence-corrected chi connectivity index (χ4v) is 4.03. The number of amides is 2. The highest BCUT2D eigenvalue weighted by molar-refractivity contribution is 6.42. The molecule has 0 spiro atoms. The molecule has 1 aromatic rings. The number of allylic oxidation sites excluding steroid dienone is 1. The zero-order chi connectivity index (χ0) is 19.0. The number of rotatable bonds is 3. The Balaban J connectivity index is 1.99. The molecule has 3 rings (SSSR count). The van der Waals surface area contributed by atoms with Gasteiger partial charge in [0.05, 0.1) is 23.7 Å². The first-order valence-corrected chi connectivity index (χ1v) is 9.08. The predicted molar refractivity (Wildman–Crippen MR) is 98.4 cm³/mol. The van der Waals surface area contributed by atoms with Crippen molar-refractivity contribution < 1.29 is 19.4 Å². The molecule has 0 saturated carbocycles. The van der Waals surface area contributed by atoms with Crippen LogP contribution in [0.1, 0.15) is 24.8 Å². The van der Waals surface area contributed by atoms with Gasteiger partial charge in [-0.1, -0.05) is 29.3 Å². The second-order valence-electron chi connectivity index (χ2n) is 6.38. The number of methoxy groups -OCH3 is 1. The molecule has 0 aromatic heterocycles. The number of nitrogens with zero attached hydrogens (tertiary/aromatic N) is 2. The molecule has 2 aliphatic heterocycles. The van der Waals surface area contributed by atoms with Crippen molar-refractivity contribution >= 4 is 35.0 Å². The molecule has 0 radical (unpaired) electrons. The van der Waals surface area contributed by atoms with Gasteiger partial charge in [0, 0.05) is 23.7 Å². The molecule has 1 aromatic carbocycles. The van der Waals surface area contributed by atoms with Crippen molar-refractivity contribution in [1.29, 1.82) is 0 Å². The van der Waals surface area contributed by atoms with Crippen LogP contribution in [0.5, 0.6) is 5.75 Å². The number of carbonyl (C=O) groups is 2. The summed E-state index contributed by atoms with van der Waals surface area (Å²) < 4.78 is 5.43. The highest BCUT2D eigenvalue weighted by atomic mass is 35.5. The van der Waals surface area contributed by atoms with E-state index in [0.29, 0.717) is 28.8 Å². The van der Waals surface area contributed by atoms with Crippen LogP contribution in [0.15, 0.2) is 23.9 Å². The first-order chi connectivity index (χ1) is 12.4. The first kappa shape index (κ1) is 19.0. The largest absolute Gasteiger partial charge is 0.496 e. The van der Waals surface area contributed by atoms with Gasteiger partial charge in [0.15, 0.2) is 0 Å². The molecule has 1 N–H and O–H groups in total. The summed E-state index contributed by atoms with van der Waals surface area (Å²) in [7, 11) is 1.57. The summed E-state index contributed by atoms with van der Waals surface area (Å²) in [4.78, 5) is 27.7.